The van der Waals surface area contributed by atoms with Crippen LogP contribution in [0.25, 0.3) is 0 Å². The van der Waals surface area contributed by atoms with Gasteiger partial charge in [0, 0.05) is 28.9 Å². The summed E-state index contributed by atoms with van der Waals surface area (Å²) in [7, 11) is 0. The largest absolute Gasteiger partial charge is 0.494 e. The molecule has 0 aliphatic heterocycles. The summed E-state index contributed by atoms with van der Waals surface area (Å²) in [5.41, 5.74) is 3.53. The van der Waals surface area contributed by atoms with Crippen LogP contribution < -0.4 is 9.64 Å². The van der Waals surface area contributed by atoms with Crippen molar-refractivity contribution in [1.29, 1.82) is 0 Å². The number of fused-ring (bicyclic) bond motifs is 1. The third kappa shape index (κ3) is 3.82. The quantitative estimate of drug-likeness (QED) is 0.615. The van der Waals surface area contributed by atoms with Gasteiger partial charge in [-0.05, 0) is 43.5 Å². The van der Waals surface area contributed by atoms with E-state index in [2.05, 4.69) is 4.98 Å². The highest BCUT2D eigenvalue weighted by molar-refractivity contribution is 7.09. The van der Waals surface area contributed by atoms with Crippen LogP contribution in [0.3, 0.4) is 0 Å². The highest BCUT2D eigenvalue weighted by Crippen LogP contribution is 2.30. The fraction of sp³-hybridized carbons (Fsp3) is 0.412. The number of halogens is 1. The molecule has 0 spiro atoms. The number of hydrogen-bond donors (Lipinski definition) is 1. The lowest BCUT2D eigenvalue weighted by atomic mass is 9.96. The van der Waals surface area contributed by atoms with Gasteiger partial charge in [0.05, 0.1) is 17.8 Å². The van der Waals surface area contributed by atoms with Gasteiger partial charge in [-0.25, -0.2) is 9.78 Å². The lowest BCUT2D eigenvalue weighted by Crippen LogP contribution is -2.42. The second kappa shape index (κ2) is 7.85. The first-order valence-electron chi connectivity index (χ1n) is 7.91. The van der Waals surface area contributed by atoms with E-state index in [0.717, 1.165) is 30.7 Å². The zero-order valence-electron chi connectivity index (χ0n) is 13.2. The molecule has 5 nitrogen and oxygen atoms in total. The van der Waals surface area contributed by atoms with E-state index >= 15 is 0 Å². The molecule has 1 unspecified atom stereocenters. The molecule has 1 aromatic carbocycles. The minimum absolute atomic E-state index is 0.0832. The summed E-state index contributed by atoms with van der Waals surface area (Å²) in [6, 6.07) is 7.11. The Bertz CT molecular complexity index is 689. The minimum atomic E-state index is -0.936. The van der Waals surface area contributed by atoms with E-state index in [9.17, 15) is 9.90 Å². The summed E-state index contributed by atoms with van der Waals surface area (Å²) in [5, 5.41) is 9.68. The van der Waals surface area contributed by atoms with E-state index in [0.29, 0.717) is 24.6 Å². The first-order valence-corrected chi connectivity index (χ1v) is 9.32. The number of anilines is 1. The van der Waals surface area contributed by atoms with Crippen molar-refractivity contribution in [3.63, 3.8) is 0 Å². The predicted molar refractivity (Wildman–Crippen MR) is 95.7 cm³/mol. The monoisotopic (exact) mass is 366 g/mol. The molecule has 1 N–H and O–H groups in total. The lowest BCUT2D eigenvalue weighted by Gasteiger charge is -2.31. The minimum Gasteiger partial charge on any atom is -0.494 e. The highest BCUT2D eigenvalue weighted by atomic mass is 35.5. The number of aromatic nitrogens is 1. The maximum absolute atomic E-state index is 11.8. The summed E-state index contributed by atoms with van der Waals surface area (Å²) in [5.74, 6) is 1.28. The molecule has 0 bridgehead atoms. The first kappa shape index (κ1) is 17.0. The Morgan fingerprint density at radius 3 is 2.92 bits per heavy atom. The Balaban J connectivity index is 1.73. The number of nitrogens with zero attached hydrogens (tertiary/aromatic N) is 2. The molecular weight excluding hydrogens is 348 g/mol. The molecule has 2 aromatic rings. The lowest BCUT2D eigenvalue weighted by molar-refractivity contribution is 0.198. The van der Waals surface area contributed by atoms with Gasteiger partial charge in [-0.3, -0.25) is 4.90 Å². The Hall–Kier alpha value is -1.79. The van der Waals surface area contributed by atoms with Crippen molar-refractivity contribution in [2.75, 3.05) is 17.4 Å². The number of hydrogen-bond acceptors (Lipinski definition) is 4. The van der Waals surface area contributed by atoms with Crippen LogP contribution in [0, 0.1) is 0 Å². The maximum Gasteiger partial charge on any atom is 0.412 e. The summed E-state index contributed by atoms with van der Waals surface area (Å²) in [4.78, 5) is 18.9. The number of carboxylic acid groups (broad SMARTS) is 1. The molecule has 1 aromatic heterocycles. The maximum atomic E-state index is 11.8. The summed E-state index contributed by atoms with van der Waals surface area (Å²) >= 11 is 7.28. The molecule has 1 heterocycles. The predicted octanol–water partition coefficient (Wildman–Crippen LogP) is 4.19. The Morgan fingerprint density at radius 1 is 1.42 bits per heavy atom. The van der Waals surface area contributed by atoms with Crippen molar-refractivity contribution < 1.29 is 14.6 Å². The van der Waals surface area contributed by atoms with E-state index in [1.165, 1.54) is 9.78 Å². The molecule has 1 amide bonds. The topological polar surface area (TPSA) is 62.7 Å². The number of benzene rings is 1. The molecular formula is C17H19ClN2O3S. The van der Waals surface area contributed by atoms with Gasteiger partial charge in [0.15, 0.2) is 0 Å². The standard InChI is InChI=1S/C17H19ClN2O3S/c18-8-1-9-23-14-5-2-12(3-6-14)20(17(21)22)13-4-7-16-15(10-13)19-11-24-16/h2-3,5-6,11,13H,1,4,7-10H2,(H,21,22). The van der Waals surface area contributed by atoms with Gasteiger partial charge in [-0.2, -0.15) is 0 Å². The van der Waals surface area contributed by atoms with Crippen molar-refractivity contribution in [3.05, 3.63) is 40.3 Å². The van der Waals surface area contributed by atoms with E-state index in [1.807, 2.05) is 5.51 Å². The Morgan fingerprint density at radius 2 is 2.21 bits per heavy atom. The number of thiazole rings is 1. The van der Waals surface area contributed by atoms with E-state index in [-0.39, 0.29) is 6.04 Å². The molecule has 1 aliphatic rings. The molecule has 128 valence electrons. The van der Waals surface area contributed by atoms with Crippen LogP contribution in [0.15, 0.2) is 29.8 Å². The van der Waals surface area contributed by atoms with Gasteiger partial charge >= 0.3 is 6.09 Å². The zero-order valence-corrected chi connectivity index (χ0v) is 14.7. The molecule has 0 saturated carbocycles. The van der Waals surface area contributed by atoms with E-state index in [4.69, 9.17) is 16.3 Å². The van der Waals surface area contributed by atoms with Crippen LogP contribution in [0.4, 0.5) is 10.5 Å². The van der Waals surface area contributed by atoms with Crippen LogP contribution in [0.1, 0.15) is 23.4 Å². The van der Waals surface area contributed by atoms with E-state index < -0.39 is 6.09 Å². The smallest absolute Gasteiger partial charge is 0.412 e. The van der Waals surface area contributed by atoms with Crippen LogP contribution >= 0.6 is 22.9 Å². The van der Waals surface area contributed by atoms with Gasteiger partial charge in [-0.1, -0.05) is 0 Å². The fourth-order valence-corrected chi connectivity index (χ4v) is 3.86. The SMILES string of the molecule is O=C(O)N(c1ccc(OCCCCl)cc1)C1CCc2scnc2C1. The number of amides is 1. The van der Waals surface area contributed by atoms with Gasteiger partial charge in [0.25, 0.3) is 0 Å². The van der Waals surface area contributed by atoms with E-state index in [1.54, 1.807) is 35.6 Å². The molecule has 7 heteroatoms. The Kier molecular flexibility index (Phi) is 5.58. The summed E-state index contributed by atoms with van der Waals surface area (Å²) in [6.45, 7) is 0.556. The molecule has 0 fully saturated rings. The number of alkyl halides is 1. The van der Waals surface area contributed by atoms with Crippen molar-refractivity contribution in [2.45, 2.75) is 31.7 Å². The van der Waals surface area contributed by atoms with Gasteiger partial charge in [-0.15, -0.1) is 22.9 Å². The van der Waals surface area contributed by atoms with Crippen LogP contribution in [0.5, 0.6) is 5.75 Å². The third-order valence-electron chi connectivity index (χ3n) is 4.09. The molecule has 3 rings (SSSR count). The average molecular weight is 367 g/mol. The van der Waals surface area contributed by atoms with Crippen LogP contribution in [-0.2, 0) is 12.8 Å². The molecule has 0 radical (unpaired) electrons. The normalized spacial score (nSPS) is 16.5. The van der Waals surface area contributed by atoms with Crippen LogP contribution in [-0.4, -0.2) is 34.7 Å². The van der Waals surface area contributed by atoms with Gasteiger partial charge < -0.3 is 9.84 Å². The number of rotatable bonds is 6. The summed E-state index contributed by atoms with van der Waals surface area (Å²) in [6.07, 6.45) is 2.21. The number of ether oxygens (including phenoxy) is 1. The van der Waals surface area contributed by atoms with Crippen molar-refractivity contribution in [2.24, 2.45) is 0 Å². The molecule has 24 heavy (non-hydrogen) atoms. The van der Waals surface area contributed by atoms with Crippen molar-refractivity contribution in [1.82, 2.24) is 4.98 Å². The van der Waals surface area contributed by atoms with Crippen molar-refractivity contribution in [3.8, 4) is 5.75 Å². The summed E-state index contributed by atoms with van der Waals surface area (Å²) < 4.78 is 5.56. The average Bonchev–Trinajstić information content (AvgIpc) is 3.04. The molecule has 1 aliphatic carbocycles. The second-order valence-corrected chi connectivity index (χ2v) is 6.97. The van der Waals surface area contributed by atoms with Crippen LogP contribution in [0.2, 0.25) is 0 Å². The zero-order chi connectivity index (χ0) is 16.9. The highest BCUT2D eigenvalue weighted by Gasteiger charge is 2.30. The van der Waals surface area contributed by atoms with Gasteiger partial charge in [0.1, 0.15) is 5.75 Å². The second-order valence-electron chi connectivity index (χ2n) is 5.66. The number of carbonyl (C=O) groups is 1. The number of aryl methyl sites for hydroxylation is 1. The first-order chi connectivity index (χ1) is 11.7. The molecule has 0 saturated heterocycles. The van der Waals surface area contributed by atoms with Gasteiger partial charge in [0.2, 0.25) is 0 Å². The van der Waals surface area contributed by atoms with Crippen molar-refractivity contribution >= 4 is 34.7 Å². The fourth-order valence-electron chi connectivity index (χ4n) is 2.93. The third-order valence-corrected chi connectivity index (χ3v) is 5.29. The molecule has 1 atom stereocenters. The Labute approximate surface area is 149 Å².